The predicted molar refractivity (Wildman–Crippen MR) is 74.7 cm³/mol. The van der Waals surface area contributed by atoms with Crippen LogP contribution in [-0.4, -0.2) is 53.3 Å². The number of hydrogen-bond donors (Lipinski definition) is 2. The first-order valence-corrected chi connectivity index (χ1v) is 7.87. The lowest BCUT2D eigenvalue weighted by Crippen LogP contribution is -2.43. The van der Waals surface area contributed by atoms with Crippen molar-refractivity contribution in [2.24, 2.45) is 0 Å². The van der Waals surface area contributed by atoms with Crippen LogP contribution in [0.3, 0.4) is 0 Å². The van der Waals surface area contributed by atoms with Crippen molar-refractivity contribution in [3.8, 4) is 0 Å². The summed E-state index contributed by atoms with van der Waals surface area (Å²) >= 11 is 1.60. The van der Waals surface area contributed by atoms with Crippen LogP contribution >= 0.6 is 11.3 Å². The zero-order valence-corrected chi connectivity index (χ0v) is 12.8. The highest BCUT2D eigenvalue weighted by molar-refractivity contribution is 7.07. The first-order chi connectivity index (χ1) is 10.00. The Balaban J connectivity index is 1.71. The van der Waals surface area contributed by atoms with Gasteiger partial charge in [0.15, 0.2) is 12.1 Å². The normalized spacial score (nSPS) is 35.8. The monoisotopic (exact) mass is 316 g/mol. The number of aliphatic hydroxyl groups excluding tert-OH is 2. The van der Waals surface area contributed by atoms with Crippen molar-refractivity contribution in [2.45, 2.75) is 56.9 Å². The van der Waals surface area contributed by atoms with Crippen molar-refractivity contribution >= 4 is 11.3 Å². The highest BCUT2D eigenvalue weighted by atomic mass is 32.1. The Labute approximate surface area is 127 Å². The third kappa shape index (κ3) is 3.14. The molecule has 2 N–H and O–H groups in total. The Hall–Kier alpha value is -0.540. The molecule has 1 aromatic heterocycles. The number of aliphatic hydroxyl groups is 2. The zero-order chi connectivity index (χ0) is 15.0. The lowest BCUT2D eigenvalue weighted by atomic mass is 10.1. The van der Waals surface area contributed by atoms with E-state index in [1.165, 1.54) is 0 Å². The van der Waals surface area contributed by atoms with E-state index >= 15 is 0 Å². The molecule has 2 aliphatic rings. The average molecular weight is 316 g/mol. The van der Waals surface area contributed by atoms with Crippen LogP contribution in [0.25, 0.3) is 0 Å². The quantitative estimate of drug-likeness (QED) is 0.839. The fourth-order valence-corrected chi connectivity index (χ4v) is 3.33. The van der Waals surface area contributed by atoms with Gasteiger partial charge in [0.25, 0.3) is 0 Å². The summed E-state index contributed by atoms with van der Waals surface area (Å²) in [4.78, 5) is 0. The Morgan fingerprint density at radius 1 is 1.43 bits per heavy atom. The van der Waals surface area contributed by atoms with Gasteiger partial charge in [0.2, 0.25) is 0 Å². The van der Waals surface area contributed by atoms with Gasteiger partial charge in [-0.05, 0) is 36.2 Å². The molecule has 2 saturated heterocycles. The summed E-state index contributed by atoms with van der Waals surface area (Å²) in [5.41, 5.74) is 1.05. The van der Waals surface area contributed by atoms with Crippen LogP contribution in [0.5, 0.6) is 0 Å². The standard InChI is InChI=1S/C14H20O6S/c1-14(2)19-12-11(17-6-8-3-4-21-7-8)10(9(16)5-15)18-13(12)20-14/h3-4,7,9-13,15-16H,5-6H2,1-2H3/t9-,10-,11+,12-,13-/m1/s1. The molecule has 5 atom stereocenters. The van der Waals surface area contributed by atoms with E-state index in [0.717, 1.165) is 5.56 Å². The Morgan fingerprint density at radius 3 is 2.90 bits per heavy atom. The third-order valence-electron chi connectivity index (χ3n) is 3.62. The first kappa shape index (κ1) is 15.4. The van der Waals surface area contributed by atoms with Crippen molar-refractivity contribution in [3.05, 3.63) is 22.4 Å². The molecule has 21 heavy (non-hydrogen) atoms. The minimum absolute atomic E-state index is 0.397. The first-order valence-electron chi connectivity index (χ1n) is 6.93. The number of thiophene rings is 1. The molecule has 0 radical (unpaired) electrons. The van der Waals surface area contributed by atoms with E-state index in [1.807, 2.05) is 30.7 Å². The van der Waals surface area contributed by atoms with Crippen LogP contribution in [0.4, 0.5) is 0 Å². The second-order valence-corrected chi connectivity index (χ2v) is 6.51. The molecule has 0 spiro atoms. The Bertz CT molecular complexity index is 462. The molecule has 3 rings (SSSR count). The minimum Gasteiger partial charge on any atom is -0.394 e. The summed E-state index contributed by atoms with van der Waals surface area (Å²) < 4.78 is 23.0. The van der Waals surface area contributed by atoms with Crippen molar-refractivity contribution < 1.29 is 29.2 Å². The van der Waals surface area contributed by atoms with Crippen LogP contribution in [0.1, 0.15) is 19.4 Å². The van der Waals surface area contributed by atoms with Crippen LogP contribution in [-0.2, 0) is 25.6 Å². The van der Waals surface area contributed by atoms with Gasteiger partial charge in [-0.15, -0.1) is 0 Å². The molecule has 3 heterocycles. The second-order valence-electron chi connectivity index (χ2n) is 5.73. The highest BCUT2D eigenvalue weighted by Gasteiger charge is 2.56. The smallest absolute Gasteiger partial charge is 0.190 e. The molecule has 0 saturated carbocycles. The summed E-state index contributed by atoms with van der Waals surface area (Å²) in [5, 5.41) is 23.0. The maximum absolute atomic E-state index is 9.91. The van der Waals surface area contributed by atoms with E-state index in [-0.39, 0.29) is 0 Å². The lowest BCUT2D eigenvalue weighted by Gasteiger charge is -2.27. The van der Waals surface area contributed by atoms with Crippen molar-refractivity contribution in [1.29, 1.82) is 0 Å². The molecule has 2 aliphatic heterocycles. The highest BCUT2D eigenvalue weighted by Crippen LogP contribution is 2.39. The van der Waals surface area contributed by atoms with E-state index in [1.54, 1.807) is 11.3 Å². The van der Waals surface area contributed by atoms with E-state index in [4.69, 9.17) is 24.1 Å². The molecule has 0 unspecified atom stereocenters. The van der Waals surface area contributed by atoms with Gasteiger partial charge in [0.05, 0.1) is 13.2 Å². The molecule has 2 fully saturated rings. The molecular formula is C14H20O6S. The second kappa shape index (κ2) is 5.92. The molecule has 7 heteroatoms. The Morgan fingerprint density at radius 2 is 2.24 bits per heavy atom. The van der Waals surface area contributed by atoms with E-state index in [2.05, 4.69) is 0 Å². The average Bonchev–Trinajstić information content (AvgIpc) is 3.10. The lowest BCUT2D eigenvalue weighted by molar-refractivity contribution is -0.232. The van der Waals surface area contributed by atoms with Crippen LogP contribution < -0.4 is 0 Å². The molecule has 6 nitrogen and oxygen atoms in total. The van der Waals surface area contributed by atoms with Crippen LogP contribution in [0, 0.1) is 0 Å². The Kier molecular flexibility index (Phi) is 4.33. The summed E-state index contributed by atoms with van der Waals surface area (Å²) in [6.07, 6.45) is -3.18. The summed E-state index contributed by atoms with van der Waals surface area (Å²) in [6, 6.07) is 1.98. The molecule has 0 amide bonds. The number of fused-ring (bicyclic) bond motifs is 1. The van der Waals surface area contributed by atoms with Gasteiger partial charge >= 0.3 is 0 Å². The fraction of sp³-hybridized carbons (Fsp3) is 0.714. The van der Waals surface area contributed by atoms with E-state index < -0.39 is 43.1 Å². The van der Waals surface area contributed by atoms with Crippen LogP contribution in [0.15, 0.2) is 16.8 Å². The number of rotatable bonds is 5. The van der Waals surface area contributed by atoms with Gasteiger partial charge in [0.1, 0.15) is 24.4 Å². The van der Waals surface area contributed by atoms with Crippen molar-refractivity contribution in [1.82, 2.24) is 0 Å². The van der Waals surface area contributed by atoms with Gasteiger partial charge in [-0.2, -0.15) is 11.3 Å². The number of ether oxygens (including phenoxy) is 4. The van der Waals surface area contributed by atoms with Crippen molar-refractivity contribution in [2.75, 3.05) is 6.61 Å². The van der Waals surface area contributed by atoms with Gasteiger partial charge < -0.3 is 29.2 Å². The summed E-state index contributed by atoms with van der Waals surface area (Å²) in [5.74, 6) is -0.742. The summed E-state index contributed by atoms with van der Waals surface area (Å²) in [6.45, 7) is 3.62. The SMILES string of the molecule is CC1(C)O[C@H]2O[C@H]([C@H](O)CO)[C@H](OCc3ccsc3)[C@H]2O1. The molecule has 0 aliphatic carbocycles. The fourth-order valence-electron chi connectivity index (χ4n) is 2.67. The maximum Gasteiger partial charge on any atom is 0.190 e. The predicted octanol–water partition coefficient (Wildman–Crippen LogP) is 0.863. The third-order valence-corrected chi connectivity index (χ3v) is 4.35. The van der Waals surface area contributed by atoms with Crippen molar-refractivity contribution in [3.63, 3.8) is 0 Å². The molecule has 0 bridgehead atoms. The molecule has 1 aromatic rings. The maximum atomic E-state index is 9.91. The molecule has 118 valence electrons. The van der Waals surface area contributed by atoms with Gasteiger partial charge in [-0.3, -0.25) is 0 Å². The molecule has 0 aromatic carbocycles. The topological polar surface area (TPSA) is 77.4 Å². The van der Waals surface area contributed by atoms with E-state index in [0.29, 0.717) is 6.61 Å². The van der Waals surface area contributed by atoms with E-state index in [9.17, 15) is 5.11 Å². The largest absolute Gasteiger partial charge is 0.394 e. The van der Waals surface area contributed by atoms with Crippen LogP contribution in [0.2, 0.25) is 0 Å². The zero-order valence-electron chi connectivity index (χ0n) is 12.0. The summed E-state index contributed by atoms with van der Waals surface area (Å²) in [7, 11) is 0. The van der Waals surface area contributed by atoms with Gasteiger partial charge in [0, 0.05) is 0 Å². The van der Waals surface area contributed by atoms with Gasteiger partial charge in [-0.25, -0.2) is 0 Å². The number of hydrogen-bond acceptors (Lipinski definition) is 7. The van der Waals surface area contributed by atoms with Gasteiger partial charge in [-0.1, -0.05) is 0 Å². The molecular weight excluding hydrogens is 296 g/mol. The minimum atomic E-state index is -1.03.